The number of hydrogen-bond acceptors (Lipinski definition) is 5. The molecule has 0 spiro atoms. The minimum atomic E-state index is -3.09. The summed E-state index contributed by atoms with van der Waals surface area (Å²) in [4.78, 5) is 8.97. The van der Waals surface area contributed by atoms with Gasteiger partial charge in [0, 0.05) is 6.07 Å². The van der Waals surface area contributed by atoms with Crippen LogP contribution in [0.5, 0.6) is 11.5 Å². The predicted octanol–water partition coefficient (Wildman–Crippen LogP) is 2.15. The van der Waals surface area contributed by atoms with E-state index in [1.807, 2.05) is 34.6 Å². The van der Waals surface area contributed by atoms with Crippen molar-refractivity contribution in [3.8, 4) is 11.5 Å². The van der Waals surface area contributed by atoms with Crippen LogP contribution in [-0.2, 0) is 13.9 Å². The van der Waals surface area contributed by atoms with Crippen molar-refractivity contribution in [3.05, 3.63) is 18.2 Å². The third-order valence-corrected chi connectivity index (χ3v) is 4.35. The van der Waals surface area contributed by atoms with Crippen molar-refractivity contribution in [2.24, 2.45) is 0 Å². The highest BCUT2D eigenvalue weighted by molar-refractivity contribution is 7.32. The highest BCUT2D eigenvalue weighted by atomic mass is 31.1. The van der Waals surface area contributed by atoms with Gasteiger partial charge in [-0.15, -0.1) is 0 Å². The molecule has 6 nitrogen and oxygen atoms in total. The van der Waals surface area contributed by atoms with Crippen LogP contribution in [0.25, 0.3) is 0 Å². The van der Waals surface area contributed by atoms with Crippen LogP contribution >= 0.6 is 8.25 Å². The van der Waals surface area contributed by atoms with Gasteiger partial charge in [0.2, 0.25) is 0 Å². The van der Waals surface area contributed by atoms with Crippen LogP contribution in [0.4, 0.5) is 0 Å². The van der Waals surface area contributed by atoms with Crippen LogP contribution in [0.15, 0.2) is 18.2 Å². The maximum absolute atomic E-state index is 10.9. The second kappa shape index (κ2) is 6.24. The highest BCUT2D eigenvalue weighted by Crippen LogP contribution is 2.37. The van der Waals surface area contributed by atoms with Crippen LogP contribution < -0.4 is 14.7 Å². The fourth-order valence-electron chi connectivity index (χ4n) is 2.12. The molecular formula is C14H22BO6P. The molecule has 1 unspecified atom stereocenters. The summed E-state index contributed by atoms with van der Waals surface area (Å²) in [5, 5.41) is 0. The number of ether oxygens (including phenoxy) is 1. The monoisotopic (exact) mass is 328 g/mol. The molecule has 22 heavy (non-hydrogen) atoms. The van der Waals surface area contributed by atoms with Crippen molar-refractivity contribution >= 4 is 20.8 Å². The zero-order valence-electron chi connectivity index (χ0n) is 13.5. The van der Waals surface area contributed by atoms with E-state index in [1.54, 1.807) is 18.2 Å². The molecule has 1 aromatic rings. The topological polar surface area (TPSA) is 74.2 Å². The first-order valence-corrected chi connectivity index (χ1v) is 8.45. The van der Waals surface area contributed by atoms with E-state index in [9.17, 15) is 4.57 Å². The maximum atomic E-state index is 10.9. The molecule has 2 rings (SSSR count). The summed E-state index contributed by atoms with van der Waals surface area (Å²) >= 11 is 0. The van der Waals surface area contributed by atoms with E-state index in [-0.39, 0.29) is 5.75 Å². The lowest BCUT2D eigenvalue weighted by molar-refractivity contribution is 0.00578. The largest absolute Gasteiger partial charge is 0.495 e. The molecule has 1 heterocycles. The van der Waals surface area contributed by atoms with Crippen LogP contribution in [-0.4, -0.2) is 29.8 Å². The van der Waals surface area contributed by atoms with Crippen LogP contribution in [0.1, 0.15) is 34.6 Å². The molecule has 1 atom stereocenters. The molecule has 8 heteroatoms. The Bertz CT molecular complexity index is 558. The van der Waals surface area contributed by atoms with Crippen molar-refractivity contribution in [2.75, 3.05) is 6.61 Å². The van der Waals surface area contributed by atoms with Gasteiger partial charge in [-0.3, -0.25) is 0 Å². The van der Waals surface area contributed by atoms with Crippen molar-refractivity contribution in [1.29, 1.82) is 0 Å². The molecule has 1 aliphatic rings. The van der Waals surface area contributed by atoms with Gasteiger partial charge < -0.3 is 23.5 Å². The van der Waals surface area contributed by atoms with Crippen molar-refractivity contribution in [2.45, 2.75) is 45.8 Å². The Hall–Kier alpha value is -1.01. The summed E-state index contributed by atoms with van der Waals surface area (Å²) in [6, 6.07) is 4.98. The Labute approximate surface area is 131 Å². The quantitative estimate of drug-likeness (QED) is 0.659. The van der Waals surface area contributed by atoms with E-state index >= 15 is 0 Å². The summed E-state index contributed by atoms with van der Waals surface area (Å²) in [6.07, 6.45) is 0. The summed E-state index contributed by atoms with van der Waals surface area (Å²) in [5.41, 5.74) is -0.252. The highest BCUT2D eigenvalue weighted by Gasteiger charge is 2.51. The molecule has 1 aliphatic heterocycles. The Morgan fingerprint density at radius 1 is 1.14 bits per heavy atom. The van der Waals surface area contributed by atoms with Gasteiger partial charge in [0.05, 0.1) is 17.8 Å². The normalized spacial score (nSPS) is 20.7. The number of rotatable bonds is 5. The van der Waals surface area contributed by atoms with E-state index in [4.69, 9.17) is 23.5 Å². The minimum Gasteiger partial charge on any atom is -0.494 e. The average Bonchev–Trinajstić information content (AvgIpc) is 2.58. The SMILES string of the molecule is CCOc1cc(O[PH](=O)O)cc(B2OC(C)(C)C(C)(C)O2)c1. The Morgan fingerprint density at radius 3 is 2.18 bits per heavy atom. The molecule has 0 aromatic heterocycles. The molecule has 1 fully saturated rings. The third-order valence-electron chi connectivity index (χ3n) is 3.94. The van der Waals surface area contributed by atoms with E-state index < -0.39 is 26.6 Å². The number of hydrogen-bond donors (Lipinski definition) is 1. The zero-order chi connectivity index (χ0) is 16.5. The zero-order valence-corrected chi connectivity index (χ0v) is 14.5. The van der Waals surface area contributed by atoms with Gasteiger partial charge in [-0.1, -0.05) is 0 Å². The average molecular weight is 328 g/mol. The van der Waals surface area contributed by atoms with Crippen molar-refractivity contribution in [3.63, 3.8) is 0 Å². The summed E-state index contributed by atoms with van der Waals surface area (Å²) in [6.45, 7) is 10.2. The first-order valence-electron chi connectivity index (χ1n) is 7.19. The predicted molar refractivity (Wildman–Crippen MR) is 85.2 cm³/mol. The van der Waals surface area contributed by atoms with Gasteiger partial charge in [-0.05, 0) is 52.2 Å². The first-order chi connectivity index (χ1) is 10.1. The van der Waals surface area contributed by atoms with Crippen LogP contribution in [0, 0.1) is 0 Å². The fourth-order valence-corrected chi connectivity index (χ4v) is 2.44. The van der Waals surface area contributed by atoms with E-state index in [1.165, 1.54) is 0 Å². The number of benzene rings is 1. The first kappa shape index (κ1) is 17.4. The van der Waals surface area contributed by atoms with Gasteiger partial charge in [0.25, 0.3) is 0 Å². The van der Waals surface area contributed by atoms with Gasteiger partial charge in [-0.25, -0.2) is 4.57 Å². The Kier molecular flexibility index (Phi) is 4.92. The van der Waals surface area contributed by atoms with Gasteiger partial charge in [0.15, 0.2) is 0 Å². The summed E-state index contributed by atoms with van der Waals surface area (Å²) in [7, 11) is -3.68. The lowest BCUT2D eigenvalue weighted by Gasteiger charge is -2.32. The molecule has 0 bridgehead atoms. The lowest BCUT2D eigenvalue weighted by Crippen LogP contribution is -2.41. The smallest absolute Gasteiger partial charge is 0.494 e. The van der Waals surface area contributed by atoms with E-state index in [0.717, 1.165) is 0 Å². The molecule has 0 saturated carbocycles. The lowest BCUT2D eigenvalue weighted by atomic mass is 9.79. The van der Waals surface area contributed by atoms with Crippen LogP contribution in [0.2, 0.25) is 0 Å². The fraction of sp³-hybridized carbons (Fsp3) is 0.571. The molecule has 1 aromatic carbocycles. The van der Waals surface area contributed by atoms with Gasteiger partial charge >= 0.3 is 15.4 Å². The van der Waals surface area contributed by atoms with Crippen LogP contribution in [0.3, 0.4) is 0 Å². The Morgan fingerprint density at radius 2 is 1.68 bits per heavy atom. The molecule has 1 N–H and O–H groups in total. The third kappa shape index (κ3) is 3.66. The Balaban J connectivity index is 2.34. The molecule has 1 saturated heterocycles. The molecule has 0 aliphatic carbocycles. The maximum Gasteiger partial charge on any atom is 0.495 e. The summed E-state index contributed by atoms with van der Waals surface area (Å²) < 4.78 is 33.3. The minimum absolute atomic E-state index is 0.252. The van der Waals surface area contributed by atoms with E-state index in [0.29, 0.717) is 17.8 Å². The summed E-state index contributed by atoms with van der Waals surface area (Å²) in [5.74, 6) is 0.787. The molecule has 0 radical (unpaired) electrons. The second-order valence-electron chi connectivity index (χ2n) is 6.13. The molecule has 0 amide bonds. The van der Waals surface area contributed by atoms with Gasteiger partial charge in [-0.2, -0.15) is 0 Å². The molecule has 122 valence electrons. The van der Waals surface area contributed by atoms with E-state index in [2.05, 4.69) is 0 Å². The van der Waals surface area contributed by atoms with Crippen molar-refractivity contribution in [1.82, 2.24) is 0 Å². The molecular weight excluding hydrogens is 306 g/mol. The second-order valence-corrected chi connectivity index (χ2v) is 6.86. The standard InChI is InChI=1S/C14H22BO6P/c1-6-18-11-7-10(8-12(9-11)19-22(16)17)15-20-13(2,3)14(4,5)21-15/h7-9,22H,6H2,1-5H3,(H,16,17). The van der Waals surface area contributed by atoms with Gasteiger partial charge in [0.1, 0.15) is 11.5 Å². The van der Waals surface area contributed by atoms with Crippen molar-refractivity contribution < 1.29 is 28.0 Å².